The van der Waals surface area contributed by atoms with Crippen LogP contribution in [0.25, 0.3) is 21.9 Å². The summed E-state index contributed by atoms with van der Waals surface area (Å²) in [5.41, 5.74) is 2.40. The van der Waals surface area contributed by atoms with E-state index in [0.29, 0.717) is 16.3 Å². The topological polar surface area (TPSA) is 59.3 Å². The first-order chi connectivity index (χ1) is 12.6. The van der Waals surface area contributed by atoms with E-state index in [4.69, 9.17) is 0 Å². The number of hydrogen-bond acceptors (Lipinski definition) is 2. The van der Waals surface area contributed by atoms with Gasteiger partial charge in [-0.15, -0.1) is 0 Å². The molecule has 2 aromatic carbocycles. The Morgan fingerprint density at radius 3 is 2.38 bits per heavy atom. The molecule has 132 valence electrons. The molecule has 0 spiro atoms. The van der Waals surface area contributed by atoms with Crippen LogP contribution in [0.4, 0.5) is 0 Å². The maximum absolute atomic E-state index is 13.2. The van der Waals surface area contributed by atoms with Crippen molar-refractivity contribution in [2.24, 2.45) is 0 Å². The Labute approximate surface area is 151 Å². The van der Waals surface area contributed by atoms with E-state index in [0.717, 1.165) is 36.8 Å². The van der Waals surface area contributed by atoms with Crippen molar-refractivity contribution in [3.8, 4) is 11.1 Å². The van der Waals surface area contributed by atoms with E-state index in [1.807, 2.05) is 55.5 Å². The number of aromatic carboxylic acids is 1. The molecule has 1 saturated carbocycles. The summed E-state index contributed by atoms with van der Waals surface area (Å²) in [4.78, 5) is 25.5. The van der Waals surface area contributed by atoms with Gasteiger partial charge in [0, 0.05) is 17.0 Å². The summed E-state index contributed by atoms with van der Waals surface area (Å²) >= 11 is 0. The van der Waals surface area contributed by atoms with Gasteiger partial charge in [0.05, 0.1) is 0 Å². The lowest BCUT2D eigenvalue weighted by atomic mass is 9.95. The molecule has 1 aliphatic carbocycles. The molecule has 3 aromatic rings. The van der Waals surface area contributed by atoms with Crippen molar-refractivity contribution in [1.29, 1.82) is 0 Å². The number of benzene rings is 2. The minimum Gasteiger partial charge on any atom is -0.477 e. The molecule has 1 heterocycles. The maximum Gasteiger partial charge on any atom is 0.353 e. The van der Waals surface area contributed by atoms with E-state index < -0.39 is 5.97 Å². The van der Waals surface area contributed by atoms with Crippen LogP contribution in [-0.4, -0.2) is 15.6 Å². The first kappa shape index (κ1) is 16.6. The zero-order chi connectivity index (χ0) is 18.3. The number of aromatic nitrogens is 1. The SMILES string of the molecule is Cc1ccc2c(=O)n(C3CCCC3)c(C(=O)O)c(-c3ccccc3)c2c1. The Balaban J connectivity index is 2.19. The molecule has 4 rings (SSSR count). The normalized spacial score (nSPS) is 14.8. The molecule has 0 bridgehead atoms. The van der Waals surface area contributed by atoms with Gasteiger partial charge in [0.1, 0.15) is 5.69 Å². The molecule has 0 aliphatic heterocycles. The van der Waals surface area contributed by atoms with Crippen LogP contribution in [0.3, 0.4) is 0 Å². The summed E-state index contributed by atoms with van der Waals surface area (Å²) < 4.78 is 1.55. The van der Waals surface area contributed by atoms with Crippen molar-refractivity contribution in [1.82, 2.24) is 4.57 Å². The van der Waals surface area contributed by atoms with Crippen LogP contribution in [0, 0.1) is 6.92 Å². The molecule has 4 heteroatoms. The second kappa shape index (κ2) is 6.45. The van der Waals surface area contributed by atoms with Gasteiger partial charge in [0.25, 0.3) is 5.56 Å². The van der Waals surface area contributed by atoms with Crippen molar-refractivity contribution in [3.05, 3.63) is 70.1 Å². The Bertz CT molecular complexity index is 1040. The second-order valence-corrected chi connectivity index (χ2v) is 7.06. The second-order valence-electron chi connectivity index (χ2n) is 7.06. The summed E-state index contributed by atoms with van der Waals surface area (Å²) in [6.45, 7) is 1.96. The number of carboxylic acid groups (broad SMARTS) is 1. The van der Waals surface area contributed by atoms with Crippen LogP contribution < -0.4 is 5.56 Å². The highest BCUT2D eigenvalue weighted by Crippen LogP contribution is 2.36. The van der Waals surface area contributed by atoms with Gasteiger partial charge in [-0.25, -0.2) is 4.79 Å². The summed E-state index contributed by atoms with van der Waals surface area (Å²) in [5, 5.41) is 11.4. The third kappa shape index (κ3) is 2.62. The molecule has 0 unspecified atom stereocenters. The first-order valence-corrected chi connectivity index (χ1v) is 9.05. The molecular formula is C22H21NO3. The predicted molar refractivity (Wildman–Crippen MR) is 103 cm³/mol. The van der Waals surface area contributed by atoms with Crippen LogP contribution in [-0.2, 0) is 0 Å². The van der Waals surface area contributed by atoms with E-state index in [1.165, 1.54) is 0 Å². The van der Waals surface area contributed by atoms with Crippen molar-refractivity contribution in [2.45, 2.75) is 38.6 Å². The number of carbonyl (C=O) groups is 1. The number of aryl methyl sites for hydroxylation is 1. The Morgan fingerprint density at radius 2 is 1.73 bits per heavy atom. The molecule has 0 atom stereocenters. The molecule has 4 nitrogen and oxygen atoms in total. The zero-order valence-corrected chi connectivity index (χ0v) is 14.7. The van der Waals surface area contributed by atoms with Crippen molar-refractivity contribution in [3.63, 3.8) is 0 Å². The summed E-state index contributed by atoms with van der Waals surface area (Å²) in [6, 6.07) is 15.1. The number of nitrogens with zero attached hydrogens (tertiary/aromatic N) is 1. The number of rotatable bonds is 3. The molecule has 1 aromatic heterocycles. The Hall–Kier alpha value is -2.88. The zero-order valence-electron chi connectivity index (χ0n) is 14.7. The summed E-state index contributed by atoms with van der Waals surface area (Å²) in [7, 11) is 0. The average molecular weight is 347 g/mol. The fraction of sp³-hybridized carbons (Fsp3) is 0.273. The van der Waals surface area contributed by atoms with Crippen LogP contribution >= 0.6 is 0 Å². The lowest BCUT2D eigenvalue weighted by Gasteiger charge is -2.22. The van der Waals surface area contributed by atoms with Gasteiger partial charge in [-0.1, -0.05) is 60.9 Å². The number of fused-ring (bicyclic) bond motifs is 1. The highest BCUT2D eigenvalue weighted by Gasteiger charge is 2.28. The van der Waals surface area contributed by atoms with Gasteiger partial charge in [-0.05, 0) is 36.8 Å². The largest absolute Gasteiger partial charge is 0.477 e. The van der Waals surface area contributed by atoms with Crippen LogP contribution in [0.5, 0.6) is 0 Å². The minimum absolute atomic E-state index is 0.0400. The lowest BCUT2D eigenvalue weighted by Crippen LogP contribution is -2.30. The monoisotopic (exact) mass is 347 g/mol. The minimum atomic E-state index is -1.05. The smallest absolute Gasteiger partial charge is 0.353 e. The third-order valence-corrected chi connectivity index (χ3v) is 5.33. The quantitative estimate of drug-likeness (QED) is 0.741. The van der Waals surface area contributed by atoms with E-state index in [2.05, 4.69) is 0 Å². The molecule has 1 aliphatic rings. The summed E-state index contributed by atoms with van der Waals surface area (Å²) in [6.07, 6.45) is 3.77. The molecule has 0 saturated heterocycles. The van der Waals surface area contributed by atoms with Crippen molar-refractivity contribution in [2.75, 3.05) is 0 Å². The molecule has 0 radical (unpaired) electrons. The van der Waals surface area contributed by atoms with Crippen LogP contribution in [0.2, 0.25) is 0 Å². The van der Waals surface area contributed by atoms with E-state index in [-0.39, 0.29) is 17.3 Å². The average Bonchev–Trinajstić information content (AvgIpc) is 3.16. The highest BCUT2D eigenvalue weighted by molar-refractivity contribution is 6.06. The third-order valence-electron chi connectivity index (χ3n) is 5.33. The van der Waals surface area contributed by atoms with Gasteiger partial charge in [0.15, 0.2) is 0 Å². The highest BCUT2D eigenvalue weighted by atomic mass is 16.4. The standard InChI is InChI=1S/C22H21NO3/c1-14-11-12-17-18(13-14)19(15-7-3-2-4-8-15)20(22(25)26)23(21(17)24)16-9-5-6-10-16/h2-4,7-8,11-13,16H,5-6,9-10H2,1H3,(H,25,26). The number of pyridine rings is 1. The van der Waals surface area contributed by atoms with Gasteiger partial charge >= 0.3 is 5.97 Å². The van der Waals surface area contributed by atoms with Gasteiger partial charge < -0.3 is 5.11 Å². The molecule has 0 amide bonds. The van der Waals surface area contributed by atoms with Gasteiger partial charge in [-0.2, -0.15) is 0 Å². The van der Waals surface area contributed by atoms with Crippen LogP contribution in [0.1, 0.15) is 47.8 Å². The van der Waals surface area contributed by atoms with E-state index in [9.17, 15) is 14.7 Å². The molecule has 1 N–H and O–H groups in total. The Kier molecular flexibility index (Phi) is 4.11. The maximum atomic E-state index is 13.2. The number of carboxylic acids is 1. The van der Waals surface area contributed by atoms with E-state index >= 15 is 0 Å². The van der Waals surface area contributed by atoms with Crippen molar-refractivity contribution < 1.29 is 9.90 Å². The van der Waals surface area contributed by atoms with Gasteiger partial charge in [0.2, 0.25) is 0 Å². The first-order valence-electron chi connectivity index (χ1n) is 9.05. The fourth-order valence-corrected chi connectivity index (χ4v) is 4.15. The molecule has 1 fully saturated rings. The fourth-order valence-electron chi connectivity index (χ4n) is 4.15. The Morgan fingerprint density at radius 1 is 1.04 bits per heavy atom. The van der Waals surface area contributed by atoms with Gasteiger partial charge in [-0.3, -0.25) is 9.36 Å². The van der Waals surface area contributed by atoms with Crippen molar-refractivity contribution >= 4 is 16.7 Å². The van der Waals surface area contributed by atoms with Crippen LogP contribution in [0.15, 0.2) is 53.3 Å². The number of hydrogen-bond donors (Lipinski definition) is 1. The van der Waals surface area contributed by atoms with E-state index in [1.54, 1.807) is 4.57 Å². The lowest BCUT2D eigenvalue weighted by molar-refractivity contribution is 0.0682. The summed E-state index contributed by atoms with van der Waals surface area (Å²) in [5.74, 6) is -1.05. The molecule has 26 heavy (non-hydrogen) atoms. The predicted octanol–water partition coefficient (Wildman–Crippen LogP) is 4.79. The molecular weight excluding hydrogens is 326 g/mol.